The largest absolute Gasteiger partial charge is 0.396 e. The van der Waals surface area contributed by atoms with E-state index in [0.29, 0.717) is 16.0 Å². The molecular weight excluding hydrogens is 302 g/mol. The fraction of sp³-hybridized carbons (Fsp3) is 0.667. The minimum Gasteiger partial charge on any atom is -0.396 e. The highest BCUT2D eigenvalue weighted by Gasteiger charge is 2.35. The number of nitrogens with one attached hydrogen (secondary N) is 1. The van der Waals surface area contributed by atoms with Crippen LogP contribution in [0, 0.1) is 5.41 Å². The van der Waals surface area contributed by atoms with Gasteiger partial charge in [-0.1, -0.05) is 13.3 Å². The molecule has 1 aliphatic carbocycles. The molecule has 1 amide bonds. The molecule has 0 radical (unpaired) electrons. The molecule has 1 saturated carbocycles. The van der Waals surface area contributed by atoms with Crippen molar-refractivity contribution in [2.45, 2.75) is 37.5 Å². The molecule has 0 saturated heterocycles. The van der Waals surface area contributed by atoms with E-state index in [1.165, 1.54) is 37.0 Å². The van der Waals surface area contributed by atoms with Crippen molar-refractivity contribution in [2.75, 3.05) is 37.9 Å². The van der Waals surface area contributed by atoms with Gasteiger partial charge in [-0.05, 0) is 30.9 Å². The Morgan fingerprint density at radius 3 is 2.57 bits per heavy atom. The van der Waals surface area contributed by atoms with Crippen molar-refractivity contribution in [3.63, 3.8) is 0 Å². The molecule has 0 atom stereocenters. The van der Waals surface area contributed by atoms with Gasteiger partial charge in [-0.15, -0.1) is 23.1 Å². The summed E-state index contributed by atoms with van der Waals surface area (Å²) in [4.78, 5) is 15.4. The zero-order valence-corrected chi connectivity index (χ0v) is 14.9. The van der Waals surface area contributed by atoms with Gasteiger partial charge in [-0.25, -0.2) is 0 Å². The van der Waals surface area contributed by atoms with Crippen LogP contribution in [0.3, 0.4) is 0 Å². The number of nitrogens with two attached hydrogens (primary N) is 1. The van der Waals surface area contributed by atoms with Gasteiger partial charge in [0.1, 0.15) is 9.88 Å². The summed E-state index contributed by atoms with van der Waals surface area (Å²) in [6.07, 6.45) is 7.15. The quantitative estimate of drug-likeness (QED) is 0.781. The maximum atomic E-state index is 12.2. The van der Waals surface area contributed by atoms with Crippen LogP contribution in [0.1, 0.15) is 42.3 Å². The lowest BCUT2D eigenvalue weighted by atomic mass is 9.67. The summed E-state index contributed by atoms with van der Waals surface area (Å²) >= 11 is 3.09. The van der Waals surface area contributed by atoms with Crippen molar-refractivity contribution >= 4 is 39.7 Å². The highest BCUT2D eigenvalue weighted by Crippen LogP contribution is 2.46. The molecule has 4 nitrogen and oxygen atoms in total. The summed E-state index contributed by atoms with van der Waals surface area (Å²) in [6.45, 7) is 3.24. The Bertz CT molecular complexity index is 516. The van der Waals surface area contributed by atoms with Gasteiger partial charge in [0.05, 0.1) is 10.6 Å². The average molecular weight is 328 g/mol. The van der Waals surface area contributed by atoms with Crippen LogP contribution in [0.25, 0.3) is 0 Å². The molecule has 1 aliphatic rings. The third-order valence-corrected chi connectivity index (χ3v) is 6.61. The van der Waals surface area contributed by atoms with Gasteiger partial charge in [0, 0.05) is 20.6 Å². The normalized spacial score (nSPS) is 16.4. The van der Waals surface area contributed by atoms with E-state index < -0.39 is 0 Å². The monoisotopic (exact) mass is 327 g/mol. The summed E-state index contributed by atoms with van der Waals surface area (Å²) in [5.74, 6) is -0.0188. The summed E-state index contributed by atoms with van der Waals surface area (Å²) in [6, 6.07) is 0. The van der Waals surface area contributed by atoms with E-state index in [0.717, 1.165) is 16.4 Å². The van der Waals surface area contributed by atoms with Gasteiger partial charge in [0.25, 0.3) is 5.91 Å². The van der Waals surface area contributed by atoms with Gasteiger partial charge in [0.15, 0.2) is 0 Å². The average Bonchev–Trinajstić information content (AvgIpc) is 2.73. The number of carbonyl (C=O) groups excluding carboxylic acids is 1. The molecule has 2 rings (SSSR count). The molecule has 3 N–H and O–H groups in total. The molecule has 1 aromatic heterocycles. The number of nitrogen functional groups attached to an aromatic ring is 1. The molecule has 21 heavy (non-hydrogen) atoms. The first-order valence-electron chi connectivity index (χ1n) is 7.36. The highest BCUT2D eigenvalue weighted by molar-refractivity contribution is 7.99. The number of rotatable bonds is 6. The molecule has 0 spiro atoms. The Kier molecular flexibility index (Phi) is 5.09. The van der Waals surface area contributed by atoms with Gasteiger partial charge in [0.2, 0.25) is 0 Å². The van der Waals surface area contributed by atoms with Crippen molar-refractivity contribution in [1.29, 1.82) is 0 Å². The van der Waals surface area contributed by atoms with Crippen LogP contribution in [0.2, 0.25) is 0 Å². The van der Waals surface area contributed by atoms with Crippen LogP contribution in [-0.4, -0.2) is 37.7 Å². The molecule has 1 aromatic rings. The zero-order valence-electron chi connectivity index (χ0n) is 13.3. The maximum absolute atomic E-state index is 12.2. The van der Waals surface area contributed by atoms with Crippen molar-refractivity contribution in [3.05, 3.63) is 4.88 Å². The van der Waals surface area contributed by atoms with Crippen LogP contribution < -0.4 is 11.1 Å². The third kappa shape index (κ3) is 3.16. The van der Waals surface area contributed by atoms with Crippen LogP contribution in [0.5, 0.6) is 0 Å². The number of thiophene rings is 1. The first-order valence-corrected chi connectivity index (χ1v) is 9.40. The second-order valence-corrected chi connectivity index (χ2v) is 7.80. The Labute approximate surface area is 135 Å². The highest BCUT2D eigenvalue weighted by atomic mass is 32.2. The predicted molar refractivity (Wildman–Crippen MR) is 93.6 cm³/mol. The number of thioether (sulfide) groups is 1. The standard InChI is InChI=1S/C15H25N3OS2/c1-5-15(7-6-8-15)9-17-13-11(20-4)10(16)12(21-13)14(19)18(2)3/h17H,5-9,16H2,1-4H3. The van der Waals surface area contributed by atoms with Gasteiger partial charge >= 0.3 is 0 Å². The summed E-state index contributed by atoms with van der Waals surface area (Å²) in [5.41, 5.74) is 7.24. The van der Waals surface area contributed by atoms with Crippen molar-refractivity contribution in [1.82, 2.24) is 4.90 Å². The van der Waals surface area contributed by atoms with E-state index in [4.69, 9.17) is 5.73 Å². The van der Waals surface area contributed by atoms with Crippen LogP contribution in [0.15, 0.2) is 4.90 Å². The predicted octanol–water partition coefficient (Wildman–Crippen LogP) is 3.75. The molecular formula is C15H25N3OS2. The minimum atomic E-state index is -0.0188. The van der Waals surface area contributed by atoms with Crippen molar-refractivity contribution in [3.8, 4) is 0 Å². The van der Waals surface area contributed by atoms with Gasteiger partial charge in [-0.2, -0.15) is 0 Å². The van der Waals surface area contributed by atoms with E-state index in [1.807, 2.05) is 6.26 Å². The lowest BCUT2D eigenvalue weighted by Gasteiger charge is -2.41. The first kappa shape index (κ1) is 16.5. The third-order valence-electron chi connectivity index (χ3n) is 4.49. The number of amides is 1. The van der Waals surface area contributed by atoms with E-state index >= 15 is 0 Å². The Morgan fingerprint density at radius 1 is 1.48 bits per heavy atom. The van der Waals surface area contributed by atoms with Gasteiger partial charge in [-0.3, -0.25) is 4.79 Å². The lowest BCUT2D eigenvalue weighted by molar-refractivity contribution is 0.0833. The number of hydrogen-bond acceptors (Lipinski definition) is 5. The lowest BCUT2D eigenvalue weighted by Crippen LogP contribution is -2.35. The Hall–Kier alpha value is -0.880. The number of anilines is 2. The van der Waals surface area contributed by atoms with Crippen LogP contribution in [-0.2, 0) is 0 Å². The van der Waals surface area contributed by atoms with Crippen LogP contribution in [0.4, 0.5) is 10.7 Å². The van der Waals surface area contributed by atoms with Crippen molar-refractivity contribution in [2.24, 2.45) is 5.41 Å². The molecule has 1 heterocycles. The van der Waals surface area contributed by atoms with Crippen LogP contribution >= 0.6 is 23.1 Å². The van der Waals surface area contributed by atoms with E-state index in [1.54, 1.807) is 30.8 Å². The zero-order chi connectivity index (χ0) is 15.6. The minimum absolute atomic E-state index is 0.0188. The number of hydrogen-bond donors (Lipinski definition) is 2. The van der Waals surface area contributed by atoms with Gasteiger partial charge < -0.3 is 16.0 Å². The van der Waals surface area contributed by atoms with E-state index in [9.17, 15) is 4.79 Å². The SMILES string of the molecule is CCC1(CNc2sc(C(=O)N(C)C)c(N)c2SC)CCC1. The fourth-order valence-corrected chi connectivity index (χ4v) is 4.76. The molecule has 0 aliphatic heterocycles. The molecule has 0 bridgehead atoms. The Morgan fingerprint density at radius 2 is 2.14 bits per heavy atom. The number of carbonyl (C=O) groups is 1. The fourth-order valence-electron chi connectivity index (χ4n) is 2.71. The molecule has 118 valence electrons. The maximum Gasteiger partial charge on any atom is 0.265 e. The van der Waals surface area contributed by atoms with E-state index in [-0.39, 0.29) is 5.91 Å². The summed E-state index contributed by atoms with van der Waals surface area (Å²) < 4.78 is 0. The molecule has 0 aromatic carbocycles. The summed E-state index contributed by atoms with van der Waals surface area (Å²) in [5, 5.41) is 4.61. The molecule has 6 heteroatoms. The van der Waals surface area contributed by atoms with Crippen molar-refractivity contribution < 1.29 is 4.79 Å². The second kappa shape index (κ2) is 6.48. The summed E-state index contributed by atoms with van der Waals surface area (Å²) in [7, 11) is 3.52. The second-order valence-electron chi connectivity index (χ2n) is 5.97. The molecule has 0 unspecified atom stereocenters. The Balaban J connectivity index is 2.19. The number of nitrogens with zero attached hydrogens (tertiary/aromatic N) is 1. The van der Waals surface area contributed by atoms with E-state index in [2.05, 4.69) is 12.2 Å². The molecule has 1 fully saturated rings. The smallest absolute Gasteiger partial charge is 0.265 e. The first-order chi connectivity index (χ1) is 9.94. The topological polar surface area (TPSA) is 58.4 Å².